The molecule has 0 bridgehead atoms. The quantitative estimate of drug-likeness (QED) is 0.774. The first kappa shape index (κ1) is 14.2. The number of anilines is 1. The van der Waals surface area contributed by atoms with Crippen molar-refractivity contribution < 1.29 is 4.74 Å². The minimum atomic E-state index is 0.290. The van der Waals surface area contributed by atoms with Crippen LogP contribution in [0, 0.1) is 0 Å². The molecular weight excluding hydrogens is 278 g/mol. The van der Waals surface area contributed by atoms with Crippen LogP contribution >= 0.6 is 22.9 Å². The predicted molar refractivity (Wildman–Crippen MR) is 83.6 cm³/mol. The number of hydrogen-bond donors (Lipinski definition) is 1. The predicted octanol–water partition coefficient (Wildman–Crippen LogP) is 5.36. The Morgan fingerprint density at radius 1 is 1.32 bits per heavy atom. The van der Waals surface area contributed by atoms with E-state index in [1.54, 1.807) is 11.3 Å². The average Bonchev–Trinajstić information content (AvgIpc) is 2.93. The van der Waals surface area contributed by atoms with Crippen LogP contribution in [0.4, 0.5) is 5.69 Å². The van der Waals surface area contributed by atoms with E-state index in [-0.39, 0.29) is 6.04 Å². The first-order valence-corrected chi connectivity index (χ1v) is 7.72. The molecule has 0 aliphatic rings. The summed E-state index contributed by atoms with van der Waals surface area (Å²) in [7, 11) is 0. The third kappa shape index (κ3) is 3.64. The zero-order chi connectivity index (χ0) is 13.7. The molecule has 0 radical (unpaired) electrons. The Balaban J connectivity index is 2.23. The van der Waals surface area contributed by atoms with Gasteiger partial charge in [-0.25, -0.2) is 0 Å². The summed E-state index contributed by atoms with van der Waals surface area (Å²) >= 11 is 7.84. The van der Waals surface area contributed by atoms with Crippen LogP contribution < -0.4 is 10.1 Å². The Kier molecular flexibility index (Phi) is 5.11. The standard InChI is InChI=1S/C15H18ClNOS/c1-3-12(15-6-5-9-19-15)17-13-10-11(16)7-8-14(13)18-4-2/h5-10,12,17H,3-4H2,1-2H3. The monoisotopic (exact) mass is 295 g/mol. The van der Waals surface area contributed by atoms with E-state index in [2.05, 4.69) is 29.8 Å². The van der Waals surface area contributed by atoms with Crippen LogP contribution in [0.1, 0.15) is 31.2 Å². The minimum Gasteiger partial charge on any atom is -0.492 e. The second kappa shape index (κ2) is 6.83. The first-order chi connectivity index (χ1) is 9.24. The van der Waals surface area contributed by atoms with Crippen LogP contribution in [0.15, 0.2) is 35.7 Å². The molecular formula is C15H18ClNOS. The van der Waals surface area contributed by atoms with Gasteiger partial charge in [0.15, 0.2) is 0 Å². The lowest BCUT2D eigenvalue weighted by molar-refractivity contribution is 0.341. The largest absolute Gasteiger partial charge is 0.492 e. The number of ether oxygens (including phenoxy) is 1. The highest BCUT2D eigenvalue weighted by Crippen LogP contribution is 2.33. The highest BCUT2D eigenvalue weighted by molar-refractivity contribution is 7.10. The summed E-state index contributed by atoms with van der Waals surface area (Å²) < 4.78 is 5.64. The zero-order valence-corrected chi connectivity index (χ0v) is 12.7. The van der Waals surface area contributed by atoms with Crippen molar-refractivity contribution in [3.8, 4) is 5.75 Å². The maximum Gasteiger partial charge on any atom is 0.142 e. The fraction of sp³-hybridized carbons (Fsp3) is 0.333. The van der Waals surface area contributed by atoms with Crippen LogP contribution in [0.5, 0.6) is 5.75 Å². The third-order valence-corrected chi connectivity index (χ3v) is 4.09. The Morgan fingerprint density at radius 2 is 2.16 bits per heavy atom. The van der Waals surface area contributed by atoms with Crippen molar-refractivity contribution >= 4 is 28.6 Å². The van der Waals surface area contributed by atoms with E-state index >= 15 is 0 Å². The van der Waals surface area contributed by atoms with Crippen LogP contribution in [0.2, 0.25) is 5.02 Å². The maximum atomic E-state index is 6.08. The molecule has 1 aromatic heterocycles. The number of thiophene rings is 1. The second-order valence-corrected chi connectivity index (χ2v) is 5.61. The summed E-state index contributed by atoms with van der Waals surface area (Å²) in [4.78, 5) is 1.32. The molecule has 4 heteroatoms. The van der Waals surface area contributed by atoms with E-state index in [0.29, 0.717) is 11.6 Å². The lowest BCUT2D eigenvalue weighted by Gasteiger charge is -2.19. The fourth-order valence-corrected chi connectivity index (χ4v) is 2.98. The lowest BCUT2D eigenvalue weighted by Crippen LogP contribution is -2.09. The Morgan fingerprint density at radius 3 is 2.79 bits per heavy atom. The van der Waals surface area contributed by atoms with Crippen molar-refractivity contribution in [1.29, 1.82) is 0 Å². The van der Waals surface area contributed by atoms with Gasteiger partial charge in [0, 0.05) is 9.90 Å². The Bertz CT molecular complexity index is 513. The van der Waals surface area contributed by atoms with Gasteiger partial charge in [0.05, 0.1) is 18.3 Å². The summed E-state index contributed by atoms with van der Waals surface area (Å²) in [5.74, 6) is 0.849. The van der Waals surface area contributed by atoms with Gasteiger partial charge >= 0.3 is 0 Å². The van der Waals surface area contributed by atoms with Crippen LogP contribution in [-0.2, 0) is 0 Å². The molecule has 0 aliphatic heterocycles. The topological polar surface area (TPSA) is 21.3 Å². The number of rotatable bonds is 6. The van der Waals surface area contributed by atoms with Gasteiger partial charge in [-0.15, -0.1) is 11.3 Å². The van der Waals surface area contributed by atoms with E-state index in [9.17, 15) is 0 Å². The van der Waals surface area contributed by atoms with E-state index in [4.69, 9.17) is 16.3 Å². The van der Waals surface area contributed by atoms with Crippen molar-refractivity contribution in [2.24, 2.45) is 0 Å². The molecule has 1 atom stereocenters. The summed E-state index contributed by atoms with van der Waals surface area (Å²) in [6, 6.07) is 10.2. The number of benzene rings is 1. The van der Waals surface area contributed by atoms with E-state index in [1.807, 2.05) is 25.1 Å². The molecule has 0 aliphatic carbocycles. The van der Waals surface area contributed by atoms with Gasteiger partial charge in [-0.1, -0.05) is 24.6 Å². The minimum absolute atomic E-state index is 0.290. The number of hydrogen-bond acceptors (Lipinski definition) is 3. The van der Waals surface area contributed by atoms with Gasteiger partial charge < -0.3 is 10.1 Å². The van der Waals surface area contributed by atoms with Crippen molar-refractivity contribution in [2.45, 2.75) is 26.3 Å². The molecule has 2 rings (SSSR count). The summed E-state index contributed by atoms with van der Waals surface area (Å²) in [6.07, 6.45) is 1.01. The molecule has 1 aromatic carbocycles. The van der Waals surface area contributed by atoms with Crippen molar-refractivity contribution in [1.82, 2.24) is 0 Å². The normalized spacial score (nSPS) is 12.2. The second-order valence-electron chi connectivity index (χ2n) is 4.19. The van der Waals surface area contributed by atoms with Gasteiger partial charge in [-0.05, 0) is 43.0 Å². The third-order valence-electron chi connectivity index (χ3n) is 2.87. The van der Waals surface area contributed by atoms with Gasteiger partial charge in [0.1, 0.15) is 5.75 Å². The first-order valence-electron chi connectivity index (χ1n) is 6.46. The van der Waals surface area contributed by atoms with Crippen LogP contribution in [-0.4, -0.2) is 6.61 Å². The number of nitrogens with one attached hydrogen (secondary N) is 1. The molecule has 0 fully saturated rings. The fourth-order valence-electron chi connectivity index (χ4n) is 1.95. The molecule has 1 heterocycles. The molecule has 0 saturated heterocycles. The SMILES string of the molecule is CCOc1ccc(Cl)cc1NC(CC)c1cccs1. The van der Waals surface area contributed by atoms with E-state index in [0.717, 1.165) is 17.9 Å². The molecule has 0 spiro atoms. The molecule has 0 amide bonds. The van der Waals surface area contributed by atoms with Crippen LogP contribution in [0.3, 0.4) is 0 Å². The lowest BCUT2D eigenvalue weighted by atomic mass is 10.1. The Hall–Kier alpha value is -1.19. The van der Waals surface area contributed by atoms with Crippen molar-refractivity contribution in [3.63, 3.8) is 0 Å². The molecule has 1 N–H and O–H groups in total. The van der Waals surface area contributed by atoms with Gasteiger partial charge in [-0.2, -0.15) is 0 Å². The molecule has 0 saturated carbocycles. The summed E-state index contributed by atoms with van der Waals surface area (Å²) in [6.45, 7) is 4.79. The van der Waals surface area contributed by atoms with Crippen molar-refractivity contribution in [2.75, 3.05) is 11.9 Å². The summed E-state index contributed by atoms with van der Waals surface area (Å²) in [5, 5.41) is 6.34. The highest BCUT2D eigenvalue weighted by Gasteiger charge is 2.13. The molecule has 102 valence electrons. The molecule has 1 unspecified atom stereocenters. The molecule has 2 aromatic rings. The van der Waals surface area contributed by atoms with Crippen molar-refractivity contribution in [3.05, 3.63) is 45.6 Å². The molecule has 2 nitrogen and oxygen atoms in total. The average molecular weight is 296 g/mol. The summed E-state index contributed by atoms with van der Waals surface area (Å²) in [5.41, 5.74) is 0.953. The van der Waals surface area contributed by atoms with E-state index < -0.39 is 0 Å². The van der Waals surface area contributed by atoms with Gasteiger partial charge in [-0.3, -0.25) is 0 Å². The van der Waals surface area contributed by atoms with Gasteiger partial charge in [0.25, 0.3) is 0 Å². The Labute approximate surface area is 123 Å². The number of halogens is 1. The van der Waals surface area contributed by atoms with Gasteiger partial charge in [0.2, 0.25) is 0 Å². The van der Waals surface area contributed by atoms with E-state index in [1.165, 1.54) is 4.88 Å². The smallest absolute Gasteiger partial charge is 0.142 e. The van der Waals surface area contributed by atoms with Crippen LogP contribution in [0.25, 0.3) is 0 Å². The molecule has 19 heavy (non-hydrogen) atoms. The highest BCUT2D eigenvalue weighted by atomic mass is 35.5. The zero-order valence-electron chi connectivity index (χ0n) is 11.2. The maximum absolute atomic E-state index is 6.08.